The van der Waals surface area contributed by atoms with E-state index in [1.165, 1.54) is 34.1 Å². The summed E-state index contributed by atoms with van der Waals surface area (Å²) in [6, 6.07) is 13.5. The van der Waals surface area contributed by atoms with Crippen molar-refractivity contribution < 1.29 is 4.39 Å². The summed E-state index contributed by atoms with van der Waals surface area (Å²) < 4.78 is 17.4. The maximum absolute atomic E-state index is 13.4. The highest BCUT2D eigenvalue weighted by Gasteiger charge is 2.19. The van der Waals surface area contributed by atoms with Crippen LogP contribution in [0.5, 0.6) is 0 Å². The summed E-state index contributed by atoms with van der Waals surface area (Å²) in [7, 11) is 3.49. The fraction of sp³-hybridized carbons (Fsp3) is 0.0833. The Morgan fingerprint density at radius 3 is 1.84 bits per heavy atom. The van der Waals surface area contributed by atoms with Gasteiger partial charge in [-0.2, -0.15) is 9.97 Å². The minimum atomic E-state index is -0.466. The van der Waals surface area contributed by atoms with Crippen molar-refractivity contribution in [2.75, 3.05) is 23.9 Å². The Bertz CT molecular complexity index is 1940. The average molecular weight is 624 g/mol. The fourth-order valence-corrected chi connectivity index (χ4v) is 4.53. The molecule has 0 aliphatic carbocycles. The second kappa shape index (κ2) is 9.05. The van der Waals surface area contributed by atoms with Crippen molar-refractivity contribution in [3.63, 3.8) is 0 Å². The van der Waals surface area contributed by atoms with Crippen LogP contribution in [0.15, 0.2) is 70.8 Å². The quantitative estimate of drug-likeness (QED) is 0.280. The zero-order chi connectivity index (χ0) is 26.6. The van der Waals surface area contributed by atoms with Crippen LogP contribution in [-0.4, -0.2) is 53.4 Å². The normalized spacial score (nSPS) is 11.4. The van der Waals surface area contributed by atoms with E-state index in [-0.39, 0.29) is 34.1 Å². The lowest BCUT2D eigenvalue weighted by molar-refractivity contribution is 0.628. The summed E-state index contributed by atoms with van der Waals surface area (Å²) in [6.07, 6.45) is 2.82. The largest absolute Gasteiger partial charge is 0.315 e. The SMILES string of the molecule is CN(c1ccc(F)cc1)c1nc2c(ncn2-n2cnc3c(=O)[nH]c(N(C)c4cccc(I)c4)nc32)c(=O)[nH]1. The first-order chi connectivity index (χ1) is 18.3. The summed E-state index contributed by atoms with van der Waals surface area (Å²) in [5.41, 5.74) is 1.22. The van der Waals surface area contributed by atoms with Crippen molar-refractivity contribution in [1.82, 2.24) is 39.3 Å². The number of anilines is 4. The highest BCUT2D eigenvalue weighted by molar-refractivity contribution is 14.1. The van der Waals surface area contributed by atoms with E-state index in [1.54, 1.807) is 36.0 Å². The lowest BCUT2D eigenvalue weighted by Crippen LogP contribution is -2.21. The molecule has 2 N–H and O–H groups in total. The third-order valence-electron chi connectivity index (χ3n) is 6.03. The number of H-pyrrole nitrogens is 2. The number of imidazole rings is 2. The molecule has 0 saturated carbocycles. The van der Waals surface area contributed by atoms with Crippen LogP contribution in [0.25, 0.3) is 22.3 Å². The van der Waals surface area contributed by atoms with E-state index in [4.69, 9.17) is 0 Å². The van der Waals surface area contributed by atoms with Crippen LogP contribution >= 0.6 is 22.6 Å². The molecule has 190 valence electrons. The molecule has 0 radical (unpaired) electrons. The lowest BCUT2D eigenvalue weighted by Gasteiger charge is -2.18. The minimum absolute atomic E-state index is 0.0872. The molecule has 38 heavy (non-hydrogen) atoms. The molecular formula is C24H18FIN10O2. The number of nitrogens with one attached hydrogen (secondary N) is 2. The summed E-state index contributed by atoms with van der Waals surface area (Å²) in [6.45, 7) is 0. The molecule has 0 bridgehead atoms. The van der Waals surface area contributed by atoms with Crippen LogP contribution in [0.2, 0.25) is 0 Å². The second-order valence-electron chi connectivity index (χ2n) is 8.38. The monoisotopic (exact) mass is 624 g/mol. The molecule has 0 spiro atoms. The van der Waals surface area contributed by atoms with E-state index in [9.17, 15) is 14.0 Å². The predicted molar refractivity (Wildman–Crippen MR) is 149 cm³/mol. The predicted octanol–water partition coefficient (Wildman–Crippen LogP) is 3.14. The van der Waals surface area contributed by atoms with Crippen molar-refractivity contribution in [3.8, 4) is 0 Å². The number of halogens is 2. The third kappa shape index (κ3) is 3.98. The van der Waals surface area contributed by atoms with E-state index >= 15 is 0 Å². The Balaban J connectivity index is 1.49. The van der Waals surface area contributed by atoms with Crippen LogP contribution in [0.1, 0.15) is 0 Å². The van der Waals surface area contributed by atoms with Crippen molar-refractivity contribution in [2.45, 2.75) is 0 Å². The Hall–Kier alpha value is -4.60. The first-order valence-corrected chi connectivity index (χ1v) is 12.3. The van der Waals surface area contributed by atoms with Crippen molar-refractivity contribution >= 4 is 68.2 Å². The minimum Gasteiger partial charge on any atom is -0.315 e. The van der Waals surface area contributed by atoms with Crippen molar-refractivity contribution in [1.29, 1.82) is 0 Å². The van der Waals surface area contributed by atoms with Gasteiger partial charge in [-0.05, 0) is 65.1 Å². The van der Waals surface area contributed by atoms with Gasteiger partial charge in [0.1, 0.15) is 18.5 Å². The van der Waals surface area contributed by atoms with Crippen LogP contribution in [0.4, 0.5) is 27.7 Å². The smallest absolute Gasteiger partial charge is 0.280 e. The number of fused-ring (bicyclic) bond motifs is 2. The van der Waals surface area contributed by atoms with Crippen LogP contribution in [0, 0.1) is 9.39 Å². The van der Waals surface area contributed by atoms with Gasteiger partial charge in [-0.25, -0.2) is 23.7 Å². The van der Waals surface area contributed by atoms with Gasteiger partial charge in [-0.15, -0.1) is 0 Å². The molecule has 12 nitrogen and oxygen atoms in total. The zero-order valence-corrected chi connectivity index (χ0v) is 22.1. The molecule has 0 aliphatic heterocycles. The molecule has 0 saturated heterocycles. The average Bonchev–Trinajstić information content (AvgIpc) is 3.53. The fourth-order valence-electron chi connectivity index (χ4n) is 4.00. The second-order valence-corrected chi connectivity index (χ2v) is 9.62. The number of aromatic nitrogens is 8. The first-order valence-electron chi connectivity index (χ1n) is 11.2. The molecule has 0 aliphatic rings. The van der Waals surface area contributed by atoms with Crippen molar-refractivity contribution in [2.24, 2.45) is 0 Å². The molecule has 6 rings (SSSR count). The first kappa shape index (κ1) is 23.8. The van der Waals surface area contributed by atoms with Gasteiger partial charge in [0.2, 0.25) is 11.9 Å². The van der Waals surface area contributed by atoms with Crippen LogP contribution in [0.3, 0.4) is 0 Å². The lowest BCUT2D eigenvalue weighted by atomic mass is 10.3. The van der Waals surface area contributed by atoms with Crippen LogP contribution < -0.4 is 20.9 Å². The molecule has 0 unspecified atom stereocenters. The van der Waals surface area contributed by atoms with Gasteiger partial charge in [0.15, 0.2) is 22.3 Å². The topological polar surface area (TPSA) is 134 Å². The van der Waals surface area contributed by atoms with E-state index < -0.39 is 11.1 Å². The van der Waals surface area contributed by atoms with Gasteiger partial charge < -0.3 is 9.80 Å². The summed E-state index contributed by atoms with van der Waals surface area (Å²) in [4.78, 5) is 52.3. The van der Waals surface area contributed by atoms with Crippen molar-refractivity contribution in [3.05, 3.63) is 91.3 Å². The maximum atomic E-state index is 13.4. The van der Waals surface area contributed by atoms with Gasteiger partial charge >= 0.3 is 0 Å². The molecule has 0 atom stereocenters. The Labute approximate surface area is 226 Å². The zero-order valence-electron chi connectivity index (χ0n) is 19.9. The highest BCUT2D eigenvalue weighted by atomic mass is 127. The molecular weight excluding hydrogens is 606 g/mol. The summed E-state index contributed by atoms with van der Waals surface area (Å²) in [5.74, 6) is 0.141. The summed E-state index contributed by atoms with van der Waals surface area (Å²) in [5, 5.41) is 0. The number of hydrogen-bond donors (Lipinski definition) is 2. The number of aromatic amines is 2. The molecule has 4 heterocycles. The standard InChI is InChI=1S/C24H18FIN10O2/c1-33(15-8-6-13(25)7-9-15)23-29-19-17(21(37)31-23)27-11-35(19)36-12-28-18-20(36)30-24(32-22(18)38)34(2)16-5-3-4-14(26)10-16/h3-12H,1-2H3,(H,29,31,37)(H,30,32,38). The Kier molecular flexibility index (Phi) is 5.67. The molecule has 4 aromatic heterocycles. The van der Waals surface area contributed by atoms with Gasteiger partial charge in [0.25, 0.3) is 11.1 Å². The summed E-state index contributed by atoms with van der Waals surface area (Å²) >= 11 is 2.21. The number of rotatable bonds is 5. The Morgan fingerprint density at radius 2 is 1.32 bits per heavy atom. The molecule has 2 aromatic carbocycles. The van der Waals surface area contributed by atoms with Crippen LogP contribution in [-0.2, 0) is 0 Å². The number of hydrogen-bond acceptors (Lipinski definition) is 8. The van der Waals surface area contributed by atoms with Gasteiger partial charge in [-0.3, -0.25) is 19.6 Å². The van der Waals surface area contributed by atoms with Gasteiger partial charge in [0.05, 0.1) is 0 Å². The Morgan fingerprint density at radius 1 is 0.789 bits per heavy atom. The molecule has 6 aromatic rings. The molecule has 14 heteroatoms. The maximum Gasteiger partial charge on any atom is 0.280 e. The number of nitrogens with zero attached hydrogens (tertiary/aromatic N) is 8. The third-order valence-corrected chi connectivity index (χ3v) is 6.70. The van der Waals surface area contributed by atoms with Gasteiger partial charge in [0, 0.05) is 29.0 Å². The van der Waals surface area contributed by atoms with E-state index in [0.29, 0.717) is 11.6 Å². The van der Waals surface area contributed by atoms with Gasteiger partial charge in [-0.1, -0.05) is 6.07 Å². The highest BCUT2D eigenvalue weighted by Crippen LogP contribution is 2.24. The molecule has 0 fully saturated rings. The van der Waals surface area contributed by atoms with E-state index in [2.05, 4.69) is 52.5 Å². The van der Waals surface area contributed by atoms with E-state index in [0.717, 1.165) is 9.26 Å². The number of benzene rings is 2. The molecule has 0 amide bonds. The van der Waals surface area contributed by atoms with E-state index in [1.807, 2.05) is 24.3 Å².